The highest BCUT2D eigenvalue weighted by molar-refractivity contribution is 7.92. The van der Waals surface area contributed by atoms with Crippen molar-refractivity contribution in [2.45, 2.75) is 10.4 Å². The van der Waals surface area contributed by atoms with Gasteiger partial charge in [-0.25, -0.2) is 8.42 Å². The van der Waals surface area contributed by atoms with Crippen molar-refractivity contribution in [3.8, 4) is 0 Å². The van der Waals surface area contributed by atoms with Gasteiger partial charge >= 0.3 is 5.51 Å². The van der Waals surface area contributed by atoms with Crippen LogP contribution in [0.4, 0.5) is 13.2 Å². The van der Waals surface area contributed by atoms with E-state index in [0.29, 0.717) is 5.56 Å². The van der Waals surface area contributed by atoms with E-state index in [1.807, 2.05) is 0 Å². The molecule has 77 valence electrons. The quantitative estimate of drug-likeness (QED) is 0.731. The Labute approximate surface area is 79.3 Å². The smallest absolute Gasteiger partial charge is 0.214 e. The molecule has 1 radical (unpaired) electrons. The zero-order chi connectivity index (χ0) is 11.0. The Morgan fingerprint density at radius 3 is 1.86 bits per heavy atom. The van der Waals surface area contributed by atoms with E-state index in [1.54, 1.807) is 0 Å². The summed E-state index contributed by atoms with van der Waals surface area (Å²) in [4.78, 5) is -0.766. The van der Waals surface area contributed by atoms with Crippen molar-refractivity contribution in [1.29, 1.82) is 0 Å². The number of hydrogen-bond donors (Lipinski definition) is 0. The number of halogens is 3. The van der Waals surface area contributed by atoms with E-state index < -0.39 is 20.2 Å². The Bertz CT molecular complexity index is 417. The Morgan fingerprint density at radius 2 is 1.50 bits per heavy atom. The molecule has 6 heteroatoms. The largest absolute Gasteiger partial charge is 0.501 e. The summed E-state index contributed by atoms with van der Waals surface area (Å²) in [5.41, 5.74) is -4.80. The minimum Gasteiger partial charge on any atom is -0.214 e. The summed E-state index contributed by atoms with van der Waals surface area (Å²) in [5, 5.41) is 0. The summed E-state index contributed by atoms with van der Waals surface area (Å²) < 4.78 is 57.7. The van der Waals surface area contributed by atoms with Gasteiger partial charge in [-0.1, -0.05) is 12.1 Å². The third-order valence-corrected chi connectivity index (χ3v) is 3.04. The van der Waals surface area contributed by atoms with Gasteiger partial charge in [0.15, 0.2) is 0 Å². The van der Waals surface area contributed by atoms with Gasteiger partial charge in [-0.15, -0.1) is 0 Å². The minimum absolute atomic E-state index is 0.450. The van der Waals surface area contributed by atoms with E-state index in [9.17, 15) is 21.6 Å². The van der Waals surface area contributed by atoms with Crippen molar-refractivity contribution >= 4 is 9.84 Å². The fourth-order valence-corrected chi connectivity index (χ4v) is 1.56. The highest BCUT2D eigenvalue weighted by Gasteiger charge is 2.46. The van der Waals surface area contributed by atoms with Crippen molar-refractivity contribution in [2.24, 2.45) is 0 Å². The monoisotopic (exact) mass is 223 g/mol. The van der Waals surface area contributed by atoms with Gasteiger partial charge in [0.25, 0.3) is 9.84 Å². The van der Waals surface area contributed by atoms with Crippen molar-refractivity contribution in [3.63, 3.8) is 0 Å². The Hall–Kier alpha value is -1.04. The van der Waals surface area contributed by atoms with Gasteiger partial charge in [0.05, 0.1) is 4.90 Å². The average Bonchev–Trinajstić information content (AvgIpc) is 2.03. The van der Waals surface area contributed by atoms with Gasteiger partial charge in [-0.2, -0.15) is 13.2 Å². The first-order chi connectivity index (χ1) is 6.25. The van der Waals surface area contributed by atoms with Crippen LogP contribution in [0, 0.1) is 6.92 Å². The van der Waals surface area contributed by atoms with Crippen LogP contribution in [-0.4, -0.2) is 13.9 Å². The predicted molar refractivity (Wildman–Crippen MR) is 44.1 cm³/mol. The predicted octanol–water partition coefficient (Wildman–Crippen LogP) is 2.16. The normalized spacial score (nSPS) is 12.9. The summed E-state index contributed by atoms with van der Waals surface area (Å²) >= 11 is 0. The molecule has 0 saturated heterocycles. The summed E-state index contributed by atoms with van der Waals surface area (Å²) in [6.45, 7) is 3.43. The lowest BCUT2D eigenvalue weighted by atomic mass is 10.2. The van der Waals surface area contributed by atoms with Crippen molar-refractivity contribution in [3.05, 3.63) is 36.8 Å². The van der Waals surface area contributed by atoms with Crippen LogP contribution < -0.4 is 0 Å². The SMILES string of the molecule is [CH2]c1ccc(S(=O)(=O)C(F)(F)F)cc1. The molecule has 0 unspecified atom stereocenters. The Morgan fingerprint density at radius 1 is 1.07 bits per heavy atom. The van der Waals surface area contributed by atoms with E-state index in [-0.39, 0.29) is 0 Å². The molecule has 0 amide bonds. The second-order valence-electron chi connectivity index (χ2n) is 2.59. The number of sulfone groups is 1. The van der Waals surface area contributed by atoms with Gasteiger partial charge in [-0.05, 0) is 24.6 Å². The second-order valence-corrected chi connectivity index (χ2v) is 4.53. The molecule has 0 aromatic heterocycles. The first-order valence-corrected chi connectivity index (χ1v) is 4.97. The molecule has 1 rings (SSSR count). The lowest BCUT2D eigenvalue weighted by molar-refractivity contribution is -0.0436. The zero-order valence-electron chi connectivity index (χ0n) is 6.88. The number of benzene rings is 1. The van der Waals surface area contributed by atoms with Gasteiger partial charge in [0.2, 0.25) is 0 Å². The third kappa shape index (κ3) is 1.89. The highest BCUT2D eigenvalue weighted by atomic mass is 32.2. The van der Waals surface area contributed by atoms with Gasteiger partial charge in [-0.3, -0.25) is 0 Å². The molecule has 0 atom stereocenters. The van der Waals surface area contributed by atoms with Crippen LogP contribution in [0.3, 0.4) is 0 Å². The summed E-state index contributed by atoms with van der Waals surface area (Å²) in [5.74, 6) is 0. The maximum Gasteiger partial charge on any atom is 0.501 e. The molecule has 0 aliphatic carbocycles. The highest BCUT2D eigenvalue weighted by Crippen LogP contribution is 2.29. The average molecular weight is 223 g/mol. The fourth-order valence-electron chi connectivity index (χ4n) is 0.802. The molecule has 14 heavy (non-hydrogen) atoms. The molecule has 0 bridgehead atoms. The maximum atomic E-state index is 12.0. The Kier molecular flexibility index (Phi) is 2.58. The van der Waals surface area contributed by atoms with Crippen LogP contribution in [0.15, 0.2) is 29.2 Å². The van der Waals surface area contributed by atoms with Crippen molar-refractivity contribution in [2.75, 3.05) is 0 Å². The number of hydrogen-bond acceptors (Lipinski definition) is 2. The van der Waals surface area contributed by atoms with Crippen LogP contribution in [0.25, 0.3) is 0 Å². The summed E-state index contributed by atoms with van der Waals surface area (Å²) in [6, 6.07) is 4.17. The molecule has 0 fully saturated rings. The second kappa shape index (κ2) is 3.27. The van der Waals surface area contributed by atoms with E-state index in [4.69, 9.17) is 0 Å². The summed E-state index contributed by atoms with van der Waals surface area (Å²) in [6.07, 6.45) is 0. The molecule has 1 aromatic carbocycles. The van der Waals surface area contributed by atoms with Crippen LogP contribution in [0.5, 0.6) is 0 Å². The number of alkyl halides is 3. The molecule has 0 aliphatic rings. The standard InChI is InChI=1S/C8H6F3O2S/c1-6-2-4-7(5-3-6)14(12,13)8(9,10)11/h2-5H,1H2. The molecule has 0 heterocycles. The van der Waals surface area contributed by atoms with Crippen LogP contribution in [-0.2, 0) is 9.84 Å². The van der Waals surface area contributed by atoms with E-state index in [0.717, 1.165) is 12.1 Å². The van der Waals surface area contributed by atoms with Crippen LogP contribution in [0.2, 0.25) is 0 Å². The van der Waals surface area contributed by atoms with E-state index in [2.05, 4.69) is 6.92 Å². The van der Waals surface area contributed by atoms with Crippen molar-refractivity contribution in [1.82, 2.24) is 0 Å². The van der Waals surface area contributed by atoms with Gasteiger partial charge in [0, 0.05) is 0 Å². The maximum absolute atomic E-state index is 12.0. The first kappa shape index (κ1) is 11.0. The molecule has 0 aliphatic heterocycles. The molecule has 0 spiro atoms. The molecule has 0 saturated carbocycles. The van der Waals surface area contributed by atoms with E-state index in [1.165, 1.54) is 12.1 Å². The minimum atomic E-state index is -5.25. The third-order valence-electron chi connectivity index (χ3n) is 1.54. The summed E-state index contributed by atoms with van der Waals surface area (Å²) in [7, 11) is -5.22. The fraction of sp³-hybridized carbons (Fsp3) is 0.125. The van der Waals surface area contributed by atoms with Crippen LogP contribution >= 0.6 is 0 Å². The molecular formula is C8H6F3O2S. The topological polar surface area (TPSA) is 34.1 Å². The zero-order valence-corrected chi connectivity index (χ0v) is 7.69. The van der Waals surface area contributed by atoms with Crippen LogP contribution in [0.1, 0.15) is 5.56 Å². The lowest BCUT2D eigenvalue weighted by Gasteiger charge is -2.07. The van der Waals surface area contributed by atoms with Gasteiger partial charge < -0.3 is 0 Å². The molecule has 2 nitrogen and oxygen atoms in total. The van der Waals surface area contributed by atoms with Crippen molar-refractivity contribution < 1.29 is 21.6 Å². The molecular weight excluding hydrogens is 217 g/mol. The van der Waals surface area contributed by atoms with Gasteiger partial charge in [0.1, 0.15) is 0 Å². The lowest BCUT2D eigenvalue weighted by Crippen LogP contribution is -2.23. The Balaban J connectivity index is 3.25. The first-order valence-electron chi connectivity index (χ1n) is 3.48. The van der Waals surface area contributed by atoms with E-state index >= 15 is 0 Å². The molecule has 1 aromatic rings. The number of rotatable bonds is 1. The molecule has 0 N–H and O–H groups in total.